The summed E-state index contributed by atoms with van der Waals surface area (Å²) in [7, 11) is -7.57. The van der Waals surface area contributed by atoms with Gasteiger partial charge in [-0.2, -0.15) is 4.31 Å². The van der Waals surface area contributed by atoms with Crippen molar-refractivity contribution in [3.8, 4) is 0 Å². The zero-order valence-corrected chi connectivity index (χ0v) is 13.9. The highest BCUT2D eigenvalue weighted by molar-refractivity contribution is 7.92. The lowest BCUT2D eigenvalue weighted by Gasteiger charge is -2.28. The largest absolute Gasteiger partial charge is 0.395 e. The molecule has 0 aliphatic carbocycles. The number of rotatable bonds is 5. The SMILES string of the molecule is O=S1(=O)C[C@@H](N(CCO)S(=O)(=O)c2ccc(Cl)cc2)[C@@H](O)C1. The van der Waals surface area contributed by atoms with Gasteiger partial charge < -0.3 is 10.2 Å². The predicted octanol–water partition coefficient (Wildman–Crippen LogP) is -0.519. The average molecular weight is 370 g/mol. The Labute approximate surface area is 134 Å². The van der Waals surface area contributed by atoms with E-state index >= 15 is 0 Å². The maximum atomic E-state index is 12.6. The van der Waals surface area contributed by atoms with Gasteiger partial charge in [-0.3, -0.25) is 0 Å². The van der Waals surface area contributed by atoms with E-state index in [4.69, 9.17) is 16.7 Å². The van der Waals surface area contributed by atoms with Crippen LogP contribution in [0, 0.1) is 0 Å². The van der Waals surface area contributed by atoms with Crippen molar-refractivity contribution >= 4 is 31.5 Å². The Hall–Kier alpha value is -0.710. The third-order valence-electron chi connectivity index (χ3n) is 3.40. The summed E-state index contributed by atoms with van der Waals surface area (Å²) in [5, 5.41) is 19.4. The highest BCUT2D eigenvalue weighted by Gasteiger charge is 2.44. The fraction of sp³-hybridized carbons (Fsp3) is 0.500. The minimum Gasteiger partial charge on any atom is -0.395 e. The molecule has 2 N–H and O–H groups in total. The second-order valence-electron chi connectivity index (χ2n) is 5.00. The molecule has 1 aliphatic heterocycles. The van der Waals surface area contributed by atoms with E-state index in [9.17, 15) is 21.9 Å². The average Bonchev–Trinajstić information content (AvgIpc) is 2.69. The Bertz CT molecular complexity index is 731. The van der Waals surface area contributed by atoms with E-state index in [1.165, 1.54) is 24.3 Å². The van der Waals surface area contributed by atoms with Crippen LogP contribution in [-0.4, -0.2) is 68.2 Å². The van der Waals surface area contributed by atoms with Gasteiger partial charge >= 0.3 is 0 Å². The van der Waals surface area contributed by atoms with Crippen LogP contribution in [-0.2, 0) is 19.9 Å². The van der Waals surface area contributed by atoms with Crippen LogP contribution in [0.5, 0.6) is 0 Å². The molecule has 1 aromatic carbocycles. The maximum Gasteiger partial charge on any atom is 0.243 e. The quantitative estimate of drug-likeness (QED) is 0.722. The molecule has 1 saturated heterocycles. The molecule has 124 valence electrons. The molecular weight excluding hydrogens is 354 g/mol. The summed E-state index contributed by atoms with van der Waals surface area (Å²) >= 11 is 5.72. The third kappa shape index (κ3) is 3.61. The van der Waals surface area contributed by atoms with E-state index in [2.05, 4.69) is 0 Å². The highest BCUT2D eigenvalue weighted by Crippen LogP contribution is 2.26. The zero-order valence-electron chi connectivity index (χ0n) is 11.5. The zero-order chi connectivity index (χ0) is 16.5. The lowest BCUT2D eigenvalue weighted by atomic mass is 10.2. The van der Waals surface area contributed by atoms with E-state index in [0.29, 0.717) is 5.02 Å². The van der Waals surface area contributed by atoms with E-state index in [1.54, 1.807) is 0 Å². The van der Waals surface area contributed by atoms with Crippen molar-refractivity contribution < 1.29 is 27.0 Å². The smallest absolute Gasteiger partial charge is 0.243 e. The van der Waals surface area contributed by atoms with Crippen molar-refractivity contribution in [2.75, 3.05) is 24.7 Å². The Morgan fingerprint density at radius 2 is 1.82 bits per heavy atom. The molecule has 7 nitrogen and oxygen atoms in total. The minimum atomic E-state index is -4.06. The Balaban J connectivity index is 2.41. The number of benzene rings is 1. The van der Waals surface area contributed by atoms with Gasteiger partial charge in [0, 0.05) is 11.6 Å². The third-order valence-corrected chi connectivity index (χ3v) is 7.29. The number of sulfone groups is 1. The Morgan fingerprint density at radius 3 is 2.27 bits per heavy atom. The molecule has 0 aromatic heterocycles. The van der Waals surface area contributed by atoms with Gasteiger partial charge in [-0.1, -0.05) is 11.6 Å². The van der Waals surface area contributed by atoms with E-state index < -0.39 is 50.1 Å². The number of sulfonamides is 1. The van der Waals surface area contributed by atoms with Crippen molar-refractivity contribution in [3.63, 3.8) is 0 Å². The number of hydrogen-bond donors (Lipinski definition) is 2. The van der Waals surface area contributed by atoms with E-state index in [1.807, 2.05) is 0 Å². The van der Waals surface area contributed by atoms with Gasteiger partial charge in [0.05, 0.1) is 35.2 Å². The topological polar surface area (TPSA) is 112 Å². The van der Waals surface area contributed by atoms with Crippen molar-refractivity contribution in [1.82, 2.24) is 4.31 Å². The molecule has 0 saturated carbocycles. The minimum absolute atomic E-state index is 0.0816. The summed E-state index contributed by atoms with van der Waals surface area (Å²) in [6.45, 7) is -0.793. The lowest BCUT2D eigenvalue weighted by Crippen LogP contribution is -2.47. The molecule has 2 atom stereocenters. The summed E-state index contributed by atoms with van der Waals surface area (Å²) in [6, 6.07) is 4.26. The number of aliphatic hydroxyl groups is 2. The molecule has 22 heavy (non-hydrogen) atoms. The van der Waals surface area contributed by atoms with E-state index in [0.717, 1.165) is 4.31 Å². The first-order valence-corrected chi connectivity index (χ1v) is 10.1. The molecule has 1 aliphatic rings. The van der Waals surface area contributed by atoms with Gasteiger partial charge in [-0.25, -0.2) is 16.8 Å². The van der Waals surface area contributed by atoms with Gasteiger partial charge in [-0.15, -0.1) is 0 Å². The highest BCUT2D eigenvalue weighted by atomic mass is 35.5. The van der Waals surface area contributed by atoms with Crippen molar-refractivity contribution in [2.24, 2.45) is 0 Å². The first-order chi connectivity index (χ1) is 10.2. The first kappa shape index (κ1) is 17.6. The number of nitrogens with zero attached hydrogens (tertiary/aromatic N) is 1. The molecule has 0 unspecified atom stereocenters. The van der Waals surface area contributed by atoms with E-state index in [-0.39, 0.29) is 11.4 Å². The van der Waals surface area contributed by atoms with Crippen LogP contribution < -0.4 is 0 Å². The van der Waals surface area contributed by atoms with Crippen molar-refractivity contribution in [1.29, 1.82) is 0 Å². The fourth-order valence-electron chi connectivity index (χ4n) is 2.39. The molecule has 1 heterocycles. The van der Waals surface area contributed by atoms with Crippen molar-refractivity contribution in [3.05, 3.63) is 29.3 Å². The molecular formula is C12H16ClNO6S2. The second kappa shape index (κ2) is 6.42. The summed E-state index contributed by atoms with van der Waals surface area (Å²) in [6.07, 6.45) is -1.32. The van der Waals surface area contributed by atoms with Gasteiger partial charge in [0.15, 0.2) is 9.84 Å². The standard InChI is InChI=1S/C12H16ClNO6S2/c13-9-1-3-10(4-2-9)22(19,20)14(5-6-15)11-7-21(17,18)8-12(11)16/h1-4,11-12,15-16H,5-8H2/t11-,12+/m1/s1. The van der Waals surface area contributed by atoms with Crippen molar-refractivity contribution in [2.45, 2.75) is 17.0 Å². The van der Waals surface area contributed by atoms with Crippen LogP contribution in [0.15, 0.2) is 29.2 Å². The first-order valence-electron chi connectivity index (χ1n) is 6.44. The molecule has 1 aromatic rings. The summed E-state index contributed by atoms with van der Waals surface area (Å²) < 4.78 is 49.3. The van der Waals surface area contributed by atoms with Gasteiger partial charge in [0.2, 0.25) is 10.0 Å². The van der Waals surface area contributed by atoms with Crippen LogP contribution in [0.4, 0.5) is 0 Å². The summed E-state index contributed by atoms with van der Waals surface area (Å²) in [4.78, 5) is -0.0816. The molecule has 1 fully saturated rings. The number of aliphatic hydroxyl groups excluding tert-OH is 2. The monoisotopic (exact) mass is 369 g/mol. The van der Waals surface area contributed by atoms with Gasteiger partial charge in [0.1, 0.15) is 0 Å². The summed E-state index contributed by atoms with van der Waals surface area (Å²) in [5.74, 6) is -0.962. The Morgan fingerprint density at radius 1 is 1.23 bits per heavy atom. The maximum absolute atomic E-state index is 12.6. The fourth-order valence-corrected chi connectivity index (χ4v) is 6.06. The van der Waals surface area contributed by atoms with Gasteiger partial charge in [-0.05, 0) is 24.3 Å². The lowest BCUT2D eigenvalue weighted by molar-refractivity contribution is 0.117. The predicted molar refractivity (Wildman–Crippen MR) is 80.9 cm³/mol. The van der Waals surface area contributed by atoms with Crippen LogP contribution in [0.2, 0.25) is 5.02 Å². The molecule has 0 amide bonds. The van der Waals surface area contributed by atoms with Crippen LogP contribution in [0.1, 0.15) is 0 Å². The molecule has 0 radical (unpaired) electrons. The number of hydrogen-bond acceptors (Lipinski definition) is 6. The van der Waals surface area contributed by atoms with Crippen LogP contribution >= 0.6 is 11.6 Å². The molecule has 0 bridgehead atoms. The normalized spacial score (nSPS) is 24.7. The van der Waals surface area contributed by atoms with Crippen LogP contribution in [0.3, 0.4) is 0 Å². The van der Waals surface area contributed by atoms with Crippen LogP contribution in [0.25, 0.3) is 0 Å². The molecule has 2 rings (SSSR count). The summed E-state index contributed by atoms with van der Waals surface area (Å²) in [5.41, 5.74) is 0. The Kier molecular flexibility index (Phi) is 5.15. The van der Waals surface area contributed by atoms with Gasteiger partial charge in [0.25, 0.3) is 0 Å². The number of halogens is 1. The molecule has 0 spiro atoms. The second-order valence-corrected chi connectivity index (χ2v) is 9.49. The molecule has 10 heteroatoms.